The average molecular weight is 1520 g/mol. The number of H-pyrrole nitrogens is 1. The molecule has 0 radical (unpaired) electrons. The molecular formula is C77H91F6N11O15. The molecule has 10 rings (SSSR count). The SMILES string of the molecule is COc1ccc(C[C@@H]2NC(=O)[C@H]([C@@H](C)O)NC(=O)[C@@H]3C[C@H](F)CN3C(=O)[C@H](CC3=CCc4ccc(F)cc43)NC(=O)[C@H](Cc3c[nH]c4ccc(F)cc34)CC(=O)[C@@H](C)NC(=O)[C@H](CCCCN)CC(=O)[C@@H](NC(=O)C(F)(F)F)CC(=O)NCCOc3ccc(cc3)C[C@@H](C(N)=O)CC(=O)[C@]3(C)CCCN3C2=O)cc1. The lowest BCUT2D eigenvalue weighted by Crippen LogP contribution is -2.62. The molecule has 0 unspecified atom stereocenters. The van der Waals surface area contributed by atoms with E-state index in [2.05, 4.69) is 31.6 Å². The van der Waals surface area contributed by atoms with Crippen LogP contribution in [0.4, 0.5) is 26.3 Å². The number of primary amides is 1. The number of hydrogen-bond donors (Lipinski definition) is 10. The van der Waals surface area contributed by atoms with E-state index >= 15 is 27.6 Å². The first-order chi connectivity index (χ1) is 51.7. The van der Waals surface area contributed by atoms with Crippen LogP contribution >= 0.6 is 0 Å². The van der Waals surface area contributed by atoms with E-state index in [4.69, 9.17) is 20.9 Å². The van der Waals surface area contributed by atoms with Crippen molar-refractivity contribution in [3.63, 3.8) is 0 Å². The van der Waals surface area contributed by atoms with Gasteiger partial charge in [-0.3, -0.25) is 57.5 Å². The Bertz CT molecular complexity index is 4250. The topological polar surface area (TPSA) is 390 Å². The van der Waals surface area contributed by atoms with Gasteiger partial charge in [-0.15, -0.1) is 0 Å². The first-order valence-electron chi connectivity index (χ1n) is 36.2. The van der Waals surface area contributed by atoms with Crippen LogP contribution in [-0.4, -0.2) is 191 Å². The van der Waals surface area contributed by atoms with Crippen molar-refractivity contribution in [2.75, 3.05) is 39.9 Å². The third-order valence-electron chi connectivity index (χ3n) is 20.6. The van der Waals surface area contributed by atoms with E-state index < -0.39 is 205 Å². The summed E-state index contributed by atoms with van der Waals surface area (Å²) in [4.78, 5) is 178. The Kier molecular flexibility index (Phi) is 27.7. The molecule has 109 heavy (non-hydrogen) atoms. The summed E-state index contributed by atoms with van der Waals surface area (Å²) in [6, 6.07) is 9.60. The number of alkyl halides is 4. The number of aromatic nitrogens is 1. The Balaban J connectivity index is 1.07. The van der Waals surface area contributed by atoms with Gasteiger partial charge in [-0.05, 0) is 160 Å². The van der Waals surface area contributed by atoms with Gasteiger partial charge in [0.15, 0.2) is 17.3 Å². The van der Waals surface area contributed by atoms with Crippen molar-refractivity contribution in [1.82, 2.24) is 46.7 Å². The Morgan fingerprint density at radius 1 is 0.780 bits per heavy atom. The molecule has 2 saturated heterocycles. The summed E-state index contributed by atoms with van der Waals surface area (Å²) < 4.78 is 99.0. The first kappa shape index (κ1) is 82.6. The molecular weight excluding hydrogens is 1430 g/mol. The molecule has 12 atom stereocenters. The number of aliphatic hydroxyl groups excluding tert-OH is 1. The maximum absolute atomic E-state index is 16.2. The fourth-order valence-electron chi connectivity index (χ4n) is 14.4. The zero-order chi connectivity index (χ0) is 79.2. The van der Waals surface area contributed by atoms with Gasteiger partial charge in [0.05, 0.1) is 50.3 Å². The number of benzene rings is 4. The molecule has 32 heteroatoms. The smallest absolute Gasteiger partial charge is 0.471 e. The van der Waals surface area contributed by atoms with E-state index in [9.17, 15) is 61.4 Å². The predicted octanol–water partition coefficient (Wildman–Crippen LogP) is 4.46. The number of nitrogens with one attached hydrogen (secondary N) is 7. The van der Waals surface area contributed by atoms with Gasteiger partial charge in [0.1, 0.15) is 60.1 Å². The van der Waals surface area contributed by atoms with Crippen molar-refractivity contribution >= 4 is 87.0 Å². The number of allylic oxidation sites excluding steroid dienone is 1. The fourth-order valence-corrected chi connectivity index (χ4v) is 14.4. The minimum atomic E-state index is -5.54. The number of Topliss-reactive ketones (excluding diaryl/α,β-unsaturated/α-hetero) is 3. The number of halogens is 6. The number of fused-ring (bicyclic) bond motifs is 32. The standard InChI is InChI=1S/C77H91F6N11O15/c1-41-63(96)33-49(30-50-39-87-58-22-17-52(79)36-57(50)58)70(102)89-61(31-46-14-13-45-15-16-51(78)35-56(45)46)73(105)93-40-53(80)37-62(93)71(103)92-67(42(2)95)72(104)90-60(29-44-9-18-54(108-4)19-10-44)74(106)94-26-7-23-76(94,3)65(98)34-48(68(85)100)28-43-11-20-55(21-12-43)109-27-25-86-66(99)38-59(91-75(107)77(81,82)83)64(97)32-47(69(101)88-41)8-5-6-24-84/h9-12,14-22,35-36,39,41-42,47-49,53,59-62,67,87,95H,5-8,13,23-34,37-38,40,84H2,1-4H3,(H2,85,100)(H,86,99)(H,88,101)(H,89,102)(H,90,104)(H,91,107)(H,92,103)/t41-,42-,47-,48-,49-,53+,59+,60+,61+,62+,67+,76+/m1/s1. The molecule has 12 N–H and O–H groups in total. The number of ether oxygens (including phenoxy) is 2. The minimum absolute atomic E-state index is 0.00293. The van der Waals surface area contributed by atoms with Crippen LogP contribution in [-0.2, 0) is 83.2 Å². The Morgan fingerprint density at radius 3 is 2.15 bits per heavy atom. The molecule has 9 amide bonds. The number of hydrogen-bond acceptors (Lipinski definition) is 16. The molecule has 2 bridgehead atoms. The second-order valence-corrected chi connectivity index (χ2v) is 28.5. The lowest BCUT2D eigenvalue weighted by Gasteiger charge is -2.37. The number of carbonyl (C=O) groups is 12. The molecule has 1 aromatic heterocycles. The van der Waals surface area contributed by atoms with Gasteiger partial charge in [0.25, 0.3) is 0 Å². The van der Waals surface area contributed by atoms with E-state index in [0.29, 0.717) is 45.5 Å². The molecule has 586 valence electrons. The number of carbonyl (C=O) groups excluding carboxylic acids is 12. The normalized spacial score (nSPS) is 25.6. The van der Waals surface area contributed by atoms with Crippen molar-refractivity contribution in [2.24, 2.45) is 29.2 Å². The van der Waals surface area contributed by atoms with Gasteiger partial charge in [-0.1, -0.05) is 42.8 Å². The van der Waals surface area contributed by atoms with Gasteiger partial charge in [-0.2, -0.15) is 13.2 Å². The lowest BCUT2D eigenvalue weighted by molar-refractivity contribution is -0.174. The van der Waals surface area contributed by atoms with Crippen molar-refractivity contribution in [1.29, 1.82) is 0 Å². The summed E-state index contributed by atoms with van der Waals surface area (Å²) in [6.45, 7) is 2.70. The zero-order valence-electron chi connectivity index (χ0n) is 60.7. The quantitative estimate of drug-likeness (QED) is 0.0542. The fraction of sp³-hybridized carbons (Fsp3) is 0.481. The second-order valence-electron chi connectivity index (χ2n) is 28.5. The third-order valence-corrected chi connectivity index (χ3v) is 20.6. The average Bonchev–Trinajstić information content (AvgIpc) is 1.68. The maximum atomic E-state index is 16.2. The lowest BCUT2D eigenvalue weighted by atomic mass is 9.84. The highest BCUT2D eigenvalue weighted by Crippen LogP contribution is 2.36. The van der Waals surface area contributed by atoms with E-state index in [1.807, 2.05) is 0 Å². The van der Waals surface area contributed by atoms with Crippen molar-refractivity contribution in [3.8, 4) is 11.5 Å². The van der Waals surface area contributed by atoms with Gasteiger partial charge in [0.2, 0.25) is 47.3 Å². The summed E-state index contributed by atoms with van der Waals surface area (Å²) in [5.41, 5.74) is 13.1. The summed E-state index contributed by atoms with van der Waals surface area (Å²) in [5, 5.41) is 26.0. The van der Waals surface area contributed by atoms with Crippen LogP contribution in [0.3, 0.4) is 0 Å². The van der Waals surface area contributed by atoms with Crippen molar-refractivity contribution in [2.45, 2.75) is 177 Å². The van der Waals surface area contributed by atoms with Crippen LogP contribution in [0, 0.1) is 29.4 Å². The zero-order valence-corrected chi connectivity index (χ0v) is 60.7. The molecule has 26 nitrogen and oxygen atoms in total. The van der Waals surface area contributed by atoms with Crippen LogP contribution < -0.4 is 52.8 Å². The van der Waals surface area contributed by atoms with Gasteiger partial charge in [-0.25, -0.2) is 13.2 Å². The molecule has 2 fully saturated rings. The van der Waals surface area contributed by atoms with Crippen molar-refractivity contribution in [3.05, 3.63) is 137 Å². The number of nitrogens with zero attached hydrogens (tertiary/aromatic N) is 2. The molecule has 5 heterocycles. The minimum Gasteiger partial charge on any atom is -0.497 e. The number of ketones is 3. The van der Waals surface area contributed by atoms with Crippen LogP contribution in [0.1, 0.15) is 119 Å². The van der Waals surface area contributed by atoms with Crippen LogP contribution in [0.15, 0.2) is 97.2 Å². The summed E-state index contributed by atoms with van der Waals surface area (Å²) in [7, 11) is 1.44. The van der Waals surface area contributed by atoms with Gasteiger partial charge >= 0.3 is 12.1 Å². The monoisotopic (exact) mass is 1520 g/mol. The number of aliphatic hydroxyl groups is 1. The second kappa shape index (κ2) is 36.6. The number of methoxy groups -OCH3 is 1. The highest BCUT2D eigenvalue weighted by Gasteiger charge is 2.50. The van der Waals surface area contributed by atoms with Gasteiger partial charge < -0.3 is 72.7 Å². The molecule has 4 aliphatic heterocycles. The Hall–Kier alpha value is -10.5. The van der Waals surface area contributed by atoms with Crippen molar-refractivity contribution < 1.29 is 98.5 Å². The van der Waals surface area contributed by atoms with Crippen LogP contribution in [0.25, 0.3) is 16.5 Å². The first-order valence-corrected chi connectivity index (χ1v) is 36.2. The Labute approximate surface area is 624 Å². The molecule has 4 aromatic carbocycles. The van der Waals surface area contributed by atoms with Crippen LogP contribution in [0.2, 0.25) is 0 Å². The van der Waals surface area contributed by atoms with E-state index in [0.717, 1.165) is 11.8 Å². The third kappa shape index (κ3) is 21.3. The Morgan fingerprint density at radius 2 is 1.46 bits per heavy atom. The summed E-state index contributed by atoms with van der Waals surface area (Å²) in [5.74, 6) is -17.9. The number of rotatable bonds is 14. The molecule has 0 saturated carbocycles. The van der Waals surface area contributed by atoms with E-state index in [1.165, 1.54) is 80.6 Å². The molecule has 5 aromatic rings. The molecule has 0 spiro atoms. The predicted molar refractivity (Wildman–Crippen MR) is 383 cm³/mol. The molecule has 5 aliphatic rings. The summed E-state index contributed by atoms with van der Waals surface area (Å²) in [6.07, 6.45) is -10.1. The highest BCUT2D eigenvalue weighted by atomic mass is 19.4. The number of unbranched alkanes of at least 4 members (excludes halogenated alkanes) is 1. The number of nitrogens with two attached hydrogens (primary N) is 2. The van der Waals surface area contributed by atoms with E-state index in [1.54, 1.807) is 47.8 Å². The highest BCUT2D eigenvalue weighted by molar-refractivity contribution is 6.01. The largest absolute Gasteiger partial charge is 0.497 e. The number of aromatic amines is 1. The molecule has 1 aliphatic carbocycles. The summed E-state index contributed by atoms with van der Waals surface area (Å²) >= 11 is 0. The maximum Gasteiger partial charge on any atom is 0.471 e. The van der Waals surface area contributed by atoms with E-state index in [-0.39, 0.29) is 94.3 Å². The number of amides is 9. The van der Waals surface area contributed by atoms with Gasteiger partial charge in [0, 0.05) is 79.9 Å². The van der Waals surface area contributed by atoms with Crippen LogP contribution in [0.5, 0.6) is 11.5 Å².